The van der Waals surface area contributed by atoms with Crippen molar-refractivity contribution in [1.82, 2.24) is 9.13 Å². The van der Waals surface area contributed by atoms with Gasteiger partial charge in [-0.05, 0) is 108 Å². The minimum absolute atomic E-state index is 0.375. The molecule has 0 saturated heterocycles. The lowest BCUT2D eigenvalue weighted by atomic mass is 10.0. The lowest BCUT2D eigenvalue weighted by Crippen LogP contribution is -2.10. The molecule has 61 heavy (non-hydrogen) atoms. The van der Waals surface area contributed by atoms with Gasteiger partial charge in [-0.2, -0.15) is 0 Å². The highest BCUT2D eigenvalue weighted by atomic mass is 16.4. The van der Waals surface area contributed by atoms with Gasteiger partial charge in [-0.15, -0.1) is 0 Å². The summed E-state index contributed by atoms with van der Waals surface area (Å²) >= 11 is 0. The SMILES string of the molecule is O=c1ccc2ccc(-n3c4ccccc4c4cc(N(c5ccc(-c6ccccc6)cc5)c5ccc6c(c5)c5ccccc5n6-c5ccc6ccc(=O)oc6c5)ccc43)cc2o1. The number of nitrogens with zero attached hydrogens (tertiary/aromatic N) is 3. The fourth-order valence-electron chi connectivity index (χ4n) is 9.01. The van der Waals surface area contributed by atoms with Crippen molar-refractivity contribution in [3.8, 4) is 22.5 Å². The maximum Gasteiger partial charge on any atom is 0.336 e. The molecule has 0 atom stereocenters. The van der Waals surface area contributed by atoms with Crippen molar-refractivity contribution >= 4 is 82.6 Å². The highest BCUT2D eigenvalue weighted by Crippen LogP contribution is 2.43. The molecule has 0 spiro atoms. The highest BCUT2D eigenvalue weighted by Gasteiger charge is 2.20. The van der Waals surface area contributed by atoms with Gasteiger partial charge in [0.15, 0.2) is 0 Å². The van der Waals surface area contributed by atoms with E-state index in [2.05, 4.69) is 160 Å². The monoisotopic (exact) mass is 787 g/mol. The molecular formula is C54H33N3O4. The number of hydrogen-bond donors (Lipinski definition) is 0. The summed E-state index contributed by atoms with van der Waals surface area (Å²) in [4.78, 5) is 26.7. The lowest BCUT2D eigenvalue weighted by molar-refractivity contribution is 0.560. The van der Waals surface area contributed by atoms with Crippen molar-refractivity contribution in [1.29, 1.82) is 0 Å². The van der Waals surface area contributed by atoms with Crippen LogP contribution in [0.4, 0.5) is 17.1 Å². The first-order chi connectivity index (χ1) is 30.0. The Morgan fingerprint density at radius 3 is 1.30 bits per heavy atom. The maximum atomic E-state index is 12.2. The van der Waals surface area contributed by atoms with Crippen LogP contribution in [-0.4, -0.2) is 9.13 Å². The first-order valence-electron chi connectivity index (χ1n) is 20.1. The summed E-state index contributed by atoms with van der Waals surface area (Å²) in [5.74, 6) is 0. The zero-order chi connectivity index (χ0) is 40.6. The quantitative estimate of drug-likeness (QED) is 0.157. The van der Waals surface area contributed by atoms with Gasteiger partial charge in [0.2, 0.25) is 0 Å². The minimum atomic E-state index is -0.375. The zero-order valence-corrected chi connectivity index (χ0v) is 32.5. The van der Waals surface area contributed by atoms with Gasteiger partial charge in [-0.3, -0.25) is 0 Å². The summed E-state index contributed by atoms with van der Waals surface area (Å²) in [5, 5.41) is 6.14. The van der Waals surface area contributed by atoms with Gasteiger partial charge in [-0.1, -0.05) is 78.9 Å². The van der Waals surface area contributed by atoms with Crippen molar-refractivity contribution in [2.45, 2.75) is 0 Å². The molecular weight excluding hydrogens is 755 g/mol. The molecule has 8 aromatic carbocycles. The Bertz CT molecular complexity index is 3610. The molecule has 0 aliphatic heterocycles. The van der Waals surface area contributed by atoms with Crippen LogP contribution in [0.25, 0.3) is 88.1 Å². The second-order valence-corrected chi connectivity index (χ2v) is 15.3. The average Bonchev–Trinajstić information content (AvgIpc) is 3.81. The van der Waals surface area contributed by atoms with E-state index in [1.54, 1.807) is 12.1 Å². The molecule has 0 bridgehead atoms. The van der Waals surface area contributed by atoms with Crippen LogP contribution in [0.2, 0.25) is 0 Å². The van der Waals surface area contributed by atoms with Crippen LogP contribution < -0.4 is 16.2 Å². The second-order valence-electron chi connectivity index (χ2n) is 15.3. The number of anilines is 3. The molecule has 0 amide bonds. The van der Waals surface area contributed by atoms with E-state index in [4.69, 9.17) is 8.83 Å². The lowest BCUT2D eigenvalue weighted by Gasteiger charge is -2.26. The summed E-state index contributed by atoms with van der Waals surface area (Å²) in [6.45, 7) is 0. The molecule has 12 rings (SSSR count). The summed E-state index contributed by atoms with van der Waals surface area (Å²) in [5.41, 5.74) is 11.6. The third-order valence-electron chi connectivity index (χ3n) is 11.8. The Kier molecular flexibility index (Phi) is 7.70. The standard InChI is InChI=1S/C54H33N3O4/c58-53-28-18-36-16-22-41(32-51(36)60-53)56-47-12-6-4-10-43(47)45-30-39(24-26-49(45)56)55(38-20-14-35(15-21-38)34-8-2-1-3-9-34)40-25-27-50-46(31-40)44-11-5-7-13-48(44)57(50)42-23-17-37-19-29-54(59)61-52(37)33-42/h1-33H. The number of benzene rings is 8. The zero-order valence-electron chi connectivity index (χ0n) is 32.5. The van der Waals surface area contributed by atoms with Gasteiger partial charge >= 0.3 is 11.3 Å². The Labute approximate surface area is 347 Å². The maximum absolute atomic E-state index is 12.2. The van der Waals surface area contributed by atoms with Crippen LogP contribution in [0.5, 0.6) is 0 Å². The predicted octanol–water partition coefficient (Wildman–Crippen LogP) is 13.2. The van der Waals surface area contributed by atoms with Gasteiger partial charge in [0.1, 0.15) is 11.2 Å². The smallest absolute Gasteiger partial charge is 0.336 e. The van der Waals surface area contributed by atoms with E-state index in [0.29, 0.717) is 11.2 Å². The normalized spacial score (nSPS) is 11.7. The van der Waals surface area contributed by atoms with E-state index >= 15 is 0 Å². The van der Waals surface area contributed by atoms with Crippen LogP contribution in [0.15, 0.2) is 219 Å². The molecule has 12 aromatic rings. The number of aromatic nitrogens is 2. The third-order valence-corrected chi connectivity index (χ3v) is 11.8. The molecule has 0 saturated carbocycles. The first kappa shape index (κ1) is 34.6. The first-order valence-corrected chi connectivity index (χ1v) is 20.1. The molecule has 7 nitrogen and oxygen atoms in total. The van der Waals surface area contributed by atoms with E-state index in [-0.39, 0.29) is 11.3 Å². The summed E-state index contributed by atoms with van der Waals surface area (Å²) < 4.78 is 15.7. The van der Waals surface area contributed by atoms with Gasteiger partial charge < -0.3 is 22.9 Å². The van der Waals surface area contributed by atoms with Crippen LogP contribution in [0.3, 0.4) is 0 Å². The van der Waals surface area contributed by atoms with Crippen molar-refractivity contribution in [3.05, 3.63) is 221 Å². The number of rotatable bonds is 6. The summed E-state index contributed by atoms with van der Waals surface area (Å²) in [6, 6.07) is 67.8. The second kappa shape index (κ2) is 13.6. The minimum Gasteiger partial charge on any atom is -0.423 e. The molecule has 7 heteroatoms. The van der Waals surface area contributed by atoms with Crippen molar-refractivity contribution in [2.24, 2.45) is 0 Å². The van der Waals surface area contributed by atoms with Crippen molar-refractivity contribution in [3.63, 3.8) is 0 Å². The van der Waals surface area contributed by atoms with E-state index in [1.165, 1.54) is 12.1 Å². The molecule has 0 N–H and O–H groups in total. The van der Waals surface area contributed by atoms with Gasteiger partial charge in [-0.25, -0.2) is 9.59 Å². The largest absolute Gasteiger partial charge is 0.423 e. The summed E-state index contributed by atoms with van der Waals surface area (Å²) in [7, 11) is 0. The number of fused-ring (bicyclic) bond motifs is 8. The van der Waals surface area contributed by atoms with E-state index in [1.807, 2.05) is 30.3 Å². The van der Waals surface area contributed by atoms with Crippen LogP contribution in [0, 0.1) is 0 Å². The molecule has 288 valence electrons. The van der Waals surface area contributed by atoms with Gasteiger partial charge in [0.05, 0.1) is 22.1 Å². The van der Waals surface area contributed by atoms with Crippen molar-refractivity contribution < 1.29 is 8.83 Å². The molecule has 0 aliphatic rings. The third kappa shape index (κ3) is 5.67. The van der Waals surface area contributed by atoms with Crippen LogP contribution in [0.1, 0.15) is 0 Å². The number of hydrogen-bond acceptors (Lipinski definition) is 5. The Balaban J connectivity index is 1.06. The highest BCUT2D eigenvalue weighted by molar-refractivity contribution is 6.12. The average molecular weight is 788 g/mol. The molecule has 0 unspecified atom stereocenters. The number of para-hydroxylation sites is 2. The van der Waals surface area contributed by atoms with E-state index < -0.39 is 0 Å². The fourth-order valence-corrected chi connectivity index (χ4v) is 9.01. The van der Waals surface area contributed by atoms with Gasteiger partial charge in [0.25, 0.3) is 0 Å². The predicted molar refractivity (Wildman–Crippen MR) is 247 cm³/mol. The topological polar surface area (TPSA) is 73.5 Å². The fraction of sp³-hybridized carbons (Fsp3) is 0. The Morgan fingerprint density at radius 2 is 0.770 bits per heavy atom. The Morgan fingerprint density at radius 1 is 0.344 bits per heavy atom. The van der Waals surface area contributed by atoms with Gasteiger partial charge in [0, 0.05) is 85.0 Å². The van der Waals surface area contributed by atoms with E-state index in [9.17, 15) is 9.59 Å². The molecule has 4 aromatic heterocycles. The van der Waals surface area contributed by atoms with Crippen molar-refractivity contribution in [2.75, 3.05) is 4.90 Å². The Hall–Kier alpha value is -8.42. The summed E-state index contributed by atoms with van der Waals surface area (Å²) in [6.07, 6.45) is 0. The van der Waals surface area contributed by atoms with Crippen LogP contribution >= 0.6 is 0 Å². The molecule has 4 heterocycles. The van der Waals surface area contributed by atoms with E-state index in [0.717, 1.165) is 93.9 Å². The molecule has 0 radical (unpaired) electrons. The molecule has 0 aliphatic carbocycles. The van der Waals surface area contributed by atoms with Crippen LogP contribution in [-0.2, 0) is 0 Å². The molecule has 0 fully saturated rings.